The number of ether oxygens (including phenoxy) is 1. The summed E-state index contributed by atoms with van der Waals surface area (Å²) >= 11 is 6.22. The molecule has 3 aromatic carbocycles. The molecule has 2 aromatic heterocycles. The van der Waals surface area contributed by atoms with Gasteiger partial charge in [-0.25, -0.2) is 4.79 Å². The standard InChI is InChI=1S/C31H27ClN8O4/c32-25-9-12-29(40-20-34-38-39-40)23(17-25)8-13-30(42)36-27(16-21-4-2-1-3-5-21)28-18-24(19-33-37-28)22-6-10-26(11-7-22)35-31(43)44-15-14-41/h1-13,17-20,27,41H,14-16H2,(H,35,43)(H,36,42)/b13-8+. The highest BCUT2D eigenvalue weighted by molar-refractivity contribution is 6.30. The topological polar surface area (TPSA) is 157 Å². The highest BCUT2D eigenvalue weighted by Crippen LogP contribution is 2.25. The molecule has 0 aliphatic carbocycles. The normalized spacial score (nSPS) is 11.7. The molecule has 5 rings (SSSR count). The van der Waals surface area contributed by atoms with Gasteiger partial charge < -0.3 is 15.2 Å². The molecule has 3 N–H and O–H groups in total. The maximum Gasteiger partial charge on any atom is 0.411 e. The van der Waals surface area contributed by atoms with Crippen molar-refractivity contribution in [3.05, 3.63) is 119 Å². The second-order valence-corrected chi connectivity index (χ2v) is 9.91. The molecule has 222 valence electrons. The summed E-state index contributed by atoms with van der Waals surface area (Å²) in [5.74, 6) is -0.343. The first-order valence-electron chi connectivity index (χ1n) is 13.5. The maximum atomic E-state index is 13.2. The molecule has 5 aromatic rings. The molecule has 0 aliphatic heterocycles. The first kappa shape index (κ1) is 30.0. The van der Waals surface area contributed by atoms with E-state index >= 15 is 0 Å². The highest BCUT2D eigenvalue weighted by atomic mass is 35.5. The third-order valence-corrected chi connectivity index (χ3v) is 6.65. The van der Waals surface area contributed by atoms with Crippen molar-refractivity contribution in [3.8, 4) is 16.8 Å². The second-order valence-electron chi connectivity index (χ2n) is 9.47. The second kappa shape index (κ2) is 14.6. The molecule has 2 amide bonds. The number of halogens is 1. The van der Waals surface area contributed by atoms with Crippen LogP contribution in [0.2, 0.25) is 5.02 Å². The van der Waals surface area contributed by atoms with E-state index in [9.17, 15) is 9.59 Å². The number of aliphatic hydroxyl groups is 1. The third-order valence-electron chi connectivity index (χ3n) is 6.42. The number of rotatable bonds is 11. The number of aromatic nitrogens is 6. The lowest BCUT2D eigenvalue weighted by molar-refractivity contribution is -0.117. The van der Waals surface area contributed by atoms with Crippen LogP contribution in [0.4, 0.5) is 10.5 Å². The summed E-state index contributed by atoms with van der Waals surface area (Å²) < 4.78 is 6.32. The van der Waals surface area contributed by atoms with Crippen molar-refractivity contribution in [2.24, 2.45) is 0 Å². The SMILES string of the molecule is O=C(/C=C/c1cc(Cl)ccc1-n1cnnn1)NC(Cc1ccccc1)c1cc(-c2ccc(NC(=O)OCCO)cc2)cnn1. The molecule has 0 spiro atoms. The van der Waals surface area contributed by atoms with Crippen molar-refractivity contribution >= 4 is 35.4 Å². The zero-order chi connectivity index (χ0) is 30.7. The molecular weight excluding hydrogens is 584 g/mol. The van der Waals surface area contributed by atoms with E-state index in [0.717, 1.165) is 16.7 Å². The van der Waals surface area contributed by atoms with Gasteiger partial charge in [0.05, 0.1) is 30.2 Å². The lowest BCUT2D eigenvalue weighted by Gasteiger charge is -2.18. The fourth-order valence-electron chi connectivity index (χ4n) is 4.35. The Morgan fingerprint density at radius 3 is 2.57 bits per heavy atom. The summed E-state index contributed by atoms with van der Waals surface area (Å²) in [4.78, 5) is 25.0. The molecule has 44 heavy (non-hydrogen) atoms. The van der Waals surface area contributed by atoms with Crippen LogP contribution in [0, 0.1) is 0 Å². The predicted octanol–water partition coefficient (Wildman–Crippen LogP) is 4.43. The van der Waals surface area contributed by atoms with Crippen LogP contribution in [0.3, 0.4) is 0 Å². The van der Waals surface area contributed by atoms with Crippen molar-refractivity contribution in [1.82, 2.24) is 35.7 Å². The summed E-state index contributed by atoms with van der Waals surface area (Å²) in [5.41, 5.74) is 5.02. The Morgan fingerprint density at radius 2 is 1.82 bits per heavy atom. The van der Waals surface area contributed by atoms with Crippen LogP contribution in [0.15, 0.2) is 97.5 Å². The number of nitrogens with zero attached hydrogens (tertiary/aromatic N) is 6. The van der Waals surface area contributed by atoms with Gasteiger partial charge in [0.1, 0.15) is 12.9 Å². The fourth-order valence-corrected chi connectivity index (χ4v) is 4.53. The van der Waals surface area contributed by atoms with Crippen LogP contribution >= 0.6 is 11.6 Å². The molecule has 0 bridgehead atoms. The first-order chi connectivity index (χ1) is 21.5. The van der Waals surface area contributed by atoms with Crippen molar-refractivity contribution < 1.29 is 19.4 Å². The van der Waals surface area contributed by atoms with Crippen molar-refractivity contribution in [1.29, 1.82) is 0 Å². The van der Waals surface area contributed by atoms with E-state index in [4.69, 9.17) is 21.4 Å². The lowest BCUT2D eigenvalue weighted by atomic mass is 10.00. The number of carbonyl (C=O) groups is 2. The number of carbonyl (C=O) groups excluding carboxylic acids is 2. The largest absolute Gasteiger partial charge is 0.447 e. The summed E-state index contributed by atoms with van der Waals surface area (Å²) in [7, 11) is 0. The van der Waals surface area contributed by atoms with E-state index in [-0.39, 0.29) is 19.1 Å². The number of tetrazole rings is 1. The quantitative estimate of drug-likeness (QED) is 0.184. The molecule has 12 nitrogen and oxygen atoms in total. The zero-order valence-electron chi connectivity index (χ0n) is 23.2. The number of hydrogen-bond donors (Lipinski definition) is 3. The molecular formula is C31H27ClN8O4. The van der Waals surface area contributed by atoms with Crippen LogP contribution in [-0.4, -0.2) is 60.7 Å². The summed E-state index contributed by atoms with van der Waals surface area (Å²) in [6, 6.07) is 23.4. The van der Waals surface area contributed by atoms with E-state index in [1.807, 2.05) is 48.5 Å². The first-order valence-corrected chi connectivity index (χ1v) is 13.9. The molecule has 13 heteroatoms. The minimum Gasteiger partial charge on any atom is -0.447 e. The zero-order valence-corrected chi connectivity index (χ0v) is 24.0. The number of amides is 2. The molecule has 0 radical (unpaired) electrons. The van der Waals surface area contributed by atoms with Crippen LogP contribution in [0.5, 0.6) is 0 Å². The maximum absolute atomic E-state index is 13.2. The molecule has 0 fully saturated rings. The minimum atomic E-state index is -0.657. The van der Waals surface area contributed by atoms with Crippen molar-refractivity contribution in [2.75, 3.05) is 18.5 Å². The Kier molecular flexibility index (Phi) is 9.98. The van der Waals surface area contributed by atoms with Crippen LogP contribution in [0.1, 0.15) is 22.9 Å². The van der Waals surface area contributed by atoms with Gasteiger partial charge in [-0.3, -0.25) is 10.1 Å². The molecule has 0 saturated carbocycles. The average Bonchev–Trinajstić information content (AvgIpc) is 3.58. The van der Waals surface area contributed by atoms with Crippen LogP contribution < -0.4 is 10.6 Å². The predicted molar refractivity (Wildman–Crippen MR) is 164 cm³/mol. The minimum absolute atomic E-state index is 0.0891. The van der Waals surface area contributed by atoms with Gasteiger partial charge in [0, 0.05) is 27.9 Å². The molecule has 1 unspecified atom stereocenters. The van der Waals surface area contributed by atoms with Crippen molar-refractivity contribution in [3.63, 3.8) is 0 Å². The van der Waals surface area contributed by atoms with E-state index in [1.165, 1.54) is 17.1 Å². The Labute approximate surface area is 257 Å². The number of nitrogens with one attached hydrogen (secondary N) is 2. The summed E-state index contributed by atoms with van der Waals surface area (Å²) in [6.07, 6.45) is 5.98. The number of anilines is 1. The van der Waals surface area contributed by atoms with Gasteiger partial charge in [-0.15, -0.1) is 5.10 Å². The van der Waals surface area contributed by atoms with E-state index in [1.54, 1.807) is 42.6 Å². The van der Waals surface area contributed by atoms with E-state index in [0.29, 0.717) is 34.1 Å². The Bertz CT molecular complexity index is 1730. The Hall–Kier alpha value is -5.46. The molecule has 0 aliphatic rings. The lowest BCUT2D eigenvalue weighted by Crippen LogP contribution is -2.29. The number of benzene rings is 3. The summed E-state index contributed by atoms with van der Waals surface area (Å²) in [6.45, 7) is -0.343. The van der Waals surface area contributed by atoms with Gasteiger partial charge in [-0.05, 0) is 70.4 Å². The van der Waals surface area contributed by atoms with Crippen LogP contribution in [-0.2, 0) is 16.0 Å². The number of hydrogen-bond acceptors (Lipinski definition) is 9. The fraction of sp³-hybridized carbons (Fsp3) is 0.129. The highest BCUT2D eigenvalue weighted by Gasteiger charge is 2.18. The third kappa shape index (κ3) is 8.09. The van der Waals surface area contributed by atoms with E-state index < -0.39 is 12.1 Å². The van der Waals surface area contributed by atoms with Gasteiger partial charge in [0.2, 0.25) is 5.91 Å². The molecule has 0 saturated heterocycles. The Morgan fingerprint density at radius 1 is 1.00 bits per heavy atom. The van der Waals surface area contributed by atoms with Crippen molar-refractivity contribution in [2.45, 2.75) is 12.5 Å². The van der Waals surface area contributed by atoms with E-state index in [2.05, 4.69) is 36.4 Å². The smallest absolute Gasteiger partial charge is 0.411 e. The molecule has 1 atom stereocenters. The van der Waals surface area contributed by atoms with Gasteiger partial charge in [-0.2, -0.15) is 14.9 Å². The number of aliphatic hydroxyl groups excluding tert-OH is 1. The monoisotopic (exact) mass is 610 g/mol. The van der Waals surface area contributed by atoms with Gasteiger partial charge >= 0.3 is 6.09 Å². The average molecular weight is 611 g/mol. The van der Waals surface area contributed by atoms with Gasteiger partial charge in [0.25, 0.3) is 0 Å². The van der Waals surface area contributed by atoms with Gasteiger partial charge in [-0.1, -0.05) is 54.1 Å². The van der Waals surface area contributed by atoms with Gasteiger partial charge in [0.15, 0.2) is 0 Å². The summed E-state index contributed by atoms with van der Waals surface area (Å²) in [5, 5.41) is 34.8. The Balaban J connectivity index is 1.36. The molecule has 2 heterocycles. The van der Waals surface area contributed by atoms with Crippen LogP contribution in [0.25, 0.3) is 22.9 Å².